The van der Waals surface area contributed by atoms with E-state index in [1.807, 2.05) is 61.8 Å². The molecule has 140 valence electrons. The van der Waals surface area contributed by atoms with E-state index in [4.69, 9.17) is 0 Å². The van der Waals surface area contributed by atoms with Crippen molar-refractivity contribution >= 4 is 22.8 Å². The van der Waals surface area contributed by atoms with Gasteiger partial charge in [0.1, 0.15) is 6.33 Å². The number of urea groups is 1. The van der Waals surface area contributed by atoms with Gasteiger partial charge in [0.05, 0.1) is 17.1 Å². The SMILES string of the molecule is CC(c1ccc(-n2cnc3ccccc32)cc1)N(C)C(=O)Nc1ccccc1. The normalized spacial score (nSPS) is 11.9. The molecule has 1 unspecified atom stereocenters. The van der Waals surface area contributed by atoms with Gasteiger partial charge in [0.2, 0.25) is 0 Å². The Morgan fingerprint density at radius 2 is 1.64 bits per heavy atom. The van der Waals surface area contributed by atoms with E-state index in [2.05, 4.69) is 45.2 Å². The molecule has 0 aliphatic rings. The number of carbonyl (C=O) groups excluding carboxylic acids is 1. The van der Waals surface area contributed by atoms with Crippen LogP contribution in [0.3, 0.4) is 0 Å². The summed E-state index contributed by atoms with van der Waals surface area (Å²) >= 11 is 0. The summed E-state index contributed by atoms with van der Waals surface area (Å²) in [6, 6.07) is 25.6. The summed E-state index contributed by atoms with van der Waals surface area (Å²) in [6.07, 6.45) is 1.84. The zero-order valence-electron chi connectivity index (χ0n) is 15.9. The van der Waals surface area contributed by atoms with Crippen LogP contribution in [0.25, 0.3) is 16.7 Å². The summed E-state index contributed by atoms with van der Waals surface area (Å²) in [5.74, 6) is 0. The van der Waals surface area contributed by atoms with Crippen molar-refractivity contribution in [3.8, 4) is 5.69 Å². The van der Waals surface area contributed by atoms with E-state index in [-0.39, 0.29) is 12.1 Å². The quantitative estimate of drug-likeness (QED) is 0.533. The molecular weight excluding hydrogens is 348 g/mol. The van der Waals surface area contributed by atoms with Crippen LogP contribution in [0.15, 0.2) is 85.2 Å². The minimum Gasteiger partial charge on any atom is -0.321 e. The molecule has 0 radical (unpaired) electrons. The molecule has 3 aromatic carbocycles. The molecule has 0 spiro atoms. The van der Waals surface area contributed by atoms with Gasteiger partial charge < -0.3 is 10.2 Å². The average Bonchev–Trinajstić information content (AvgIpc) is 3.17. The zero-order chi connectivity index (χ0) is 19.5. The first kappa shape index (κ1) is 17.8. The van der Waals surface area contributed by atoms with E-state index in [0.717, 1.165) is 28.0 Å². The number of amides is 2. The second kappa shape index (κ2) is 7.56. The van der Waals surface area contributed by atoms with Gasteiger partial charge in [-0.1, -0.05) is 42.5 Å². The molecule has 1 atom stereocenters. The van der Waals surface area contributed by atoms with E-state index in [0.29, 0.717) is 0 Å². The number of hydrogen-bond acceptors (Lipinski definition) is 2. The van der Waals surface area contributed by atoms with Gasteiger partial charge in [-0.15, -0.1) is 0 Å². The van der Waals surface area contributed by atoms with E-state index in [1.54, 1.807) is 11.9 Å². The van der Waals surface area contributed by atoms with Crippen molar-refractivity contribution in [1.82, 2.24) is 14.5 Å². The molecule has 1 heterocycles. The van der Waals surface area contributed by atoms with Crippen LogP contribution in [0.1, 0.15) is 18.5 Å². The molecule has 5 heteroatoms. The van der Waals surface area contributed by atoms with Gasteiger partial charge in [0.15, 0.2) is 0 Å². The van der Waals surface area contributed by atoms with Crippen molar-refractivity contribution in [3.05, 3.63) is 90.8 Å². The molecule has 28 heavy (non-hydrogen) atoms. The molecule has 0 saturated carbocycles. The molecule has 0 fully saturated rings. The van der Waals surface area contributed by atoms with Crippen LogP contribution in [-0.2, 0) is 0 Å². The monoisotopic (exact) mass is 370 g/mol. The van der Waals surface area contributed by atoms with Gasteiger partial charge in [0.25, 0.3) is 0 Å². The Bertz CT molecular complexity index is 1090. The number of hydrogen-bond donors (Lipinski definition) is 1. The van der Waals surface area contributed by atoms with Gasteiger partial charge in [-0.3, -0.25) is 4.57 Å². The zero-order valence-corrected chi connectivity index (χ0v) is 15.9. The fourth-order valence-corrected chi connectivity index (χ4v) is 3.21. The third-order valence-electron chi connectivity index (χ3n) is 5.03. The highest BCUT2D eigenvalue weighted by atomic mass is 16.2. The maximum atomic E-state index is 12.5. The highest BCUT2D eigenvalue weighted by Crippen LogP contribution is 2.23. The Kier molecular flexibility index (Phi) is 4.81. The summed E-state index contributed by atoms with van der Waals surface area (Å²) < 4.78 is 2.07. The van der Waals surface area contributed by atoms with Gasteiger partial charge in [-0.05, 0) is 48.9 Å². The smallest absolute Gasteiger partial charge is 0.321 e. The molecule has 0 saturated heterocycles. The minimum absolute atomic E-state index is 0.0581. The van der Waals surface area contributed by atoms with Gasteiger partial charge in [0, 0.05) is 18.4 Å². The first-order chi connectivity index (χ1) is 13.6. The molecule has 2 amide bonds. The van der Waals surface area contributed by atoms with Crippen molar-refractivity contribution < 1.29 is 4.79 Å². The van der Waals surface area contributed by atoms with Crippen LogP contribution in [0.2, 0.25) is 0 Å². The molecule has 5 nitrogen and oxygen atoms in total. The van der Waals surface area contributed by atoms with Crippen molar-refractivity contribution in [2.24, 2.45) is 0 Å². The number of nitrogens with one attached hydrogen (secondary N) is 1. The van der Waals surface area contributed by atoms with Crippen LogP contribution < -0.4 is 5.32 Å². The van der Waals surface area contributed by atoms with Crippen LogP contribution in [0, 0.1) is 0 Å². The van der Waals surface area contributed by atoms with E-state index >= 15 is 0 Å². The first-order valence-electron chi connectivity index (χ1n) is 9.25. The number of rotatable bonds is 4. The minimum atomic E-state index is -0.136. The lowest BCUT2D eigenvalue weighted by Gasteiger charge is -2.26. The van der Waals surface area contributed by atoms with E-state index < -0.39 is 0 Å². The Labute approximate surface area is 164 Å². The summed E-state index contributed by atoms with van der Waals surface area (Å²) in [4.78, 5) is 18.7. The summed E-state index contributed by atoms with van der Waals surface area (Å²) in [6.45, 7) is 2.02. The number of imidazole rings is 1. The molecule has 4 aromatic rings. The maximum Gasteiger partial charge on any atom is 0.322 e. The summed E-state index contributed by atoms with van der Waals surface area (Å²) in [5.41, 5.74) is 4.94. The Morgan fingerprint density at radius 3 is 2.39 bits per heavy atom. The molecule has 0 aliphatic carbocycles. The Balaban J connectivity index is 1.50. The van der Waals surface area contributed by atoms with Crippen LogP contribution in [0.4, 0.5) is 10.5 Å². The van der Waals surface area contributed by atoms with Crippen molar-refractivity contribution in [1.29, 1.82) is 0 Å². The van der Waals surface area contributed by atoms with Crippen molar-refractivity contribution in [3.63, 3.8) is 0 Å². The molecule has 0 bridgehead atoms. The molecule has 1 aromatic heterocycles. The number of fused-ring (bicyclic) bond motifs is 1. The van der Waals surface area contributed by atoms with Crippen LogP contribution >= 0.6 is 0 Å². The Morgan fingerprint density at radius 1 is 0.964 bits per heavy atom. The fraction of sp³-hybridized carbons (Fsp3) is 0.130. The number of aromatic nitrogens is 2. The second-order valence-electron chi connectivity index (χ2n) is 6.78. The predicted molar refractivity (Wildman–Crippen MR) is 113 cm³/mol. The van der Waals surface area contributed by atoms with Crippen LogP contribution in [0.5, 0.6) is 0 Å². The molecular formula is C23H22N4O. The van der Waals surface area contributed by atoms with Gasteiger partial charge >= 0.3 is 6.03 Å². The summed E-state index contributed by atoms with van der Waals surface area (Å²) in [7, 11) is 1.81. The lowest BCUT2D eigenvalue weighted by Crippen LogP contribution is -2.33. The number of para-hydroxylation sites is 3. The third-order valence-corrected chi connectivity index (χ3v) is 5.03. The van der Waals surface area contributed by atoms with E-state index in [9.17, 15) is 4.79 Å². The van der Waals surface area contributed by atoms with Crippen molar-refractivity contribution in [2.75, 3.05) is 12.4 Å². The predicted octanol–water partition coefficient (Wildman–Crippen LogP) is 5.25. The van der Waals surface area contributed by atoms with Crippen LogP contribution in [-0.4, -0.2) is 27.5 Å². The number of nitrogens with zero attached hydrogens (tertiary/aromatic N) is 3. The highest BCUT2D eigenvalue weighted by molar-refractivity contribution is 5.89. The van der Waals surface area contributed by atoms with Gasteiger partial charge in [-0.2, -0.15) is 0 Å². The first-order valence-corrected chi connectivity index (χ1v) is 9.25. The number of carbonyl (C=O) groups is 1. The molecule has 4 rings (SSSR count). The largest absolute Gasteiger partial charge is 0.322 e. The molecule has 0 aliphatic heterocycles. The number of anilines is 1. The Hall–Kier alpha value is -3.60. The maximum absolute atomic E-state index is 12.5. The average molecular weight is 370 g/mol. The number of benzene rings is 3. The summed E-state index contributed by atoms with van der Waals surface area (Å²) in [5, 5.41) is 2.92. The standard InChI is InChI=1S/C23H22N4O/c1-17(26(2)23(28)25-19-8-4-3-5-9-19)18-12-14-20(15-13-18)27-16-24-21-10-6-7-11-22(21)27/h3-17H,1-2H3,(H,25,28). The molecule has 1 N–H and O–H groups in total. The lowest BCUT2D eigenvalue weighted by atomic mass is 10.1. The second-order valence-corrected chi connectivity index (χ2v) is 6.78. The third kappa shape index (κ3) is 3.47. The van der Waals surface area contributed by atoms with Crippen molar-refractivity contribution in [2.45, 2.75) is 13.0 Å². The lowest BCUT2D eigenvalue weighted by molar-refractivity contribution is 0.208. The fourth-order valence-electron chi connectivity index (χ4n) is 3.21. The van der Waals surface area contributed by atoms with E-state index in [1.165, 1.54) is 0 Å². The highest BCUT2D eigenvalue weighted by Gasteiger charge is 2.17. The topological polar surface area (TPSA) is 50.2 Å². The van der Waals surface area contributed by atoms with Gasteiger partial charge in [-0.25, -0.2) is 9.78 Å².